The van der Waals surface area contributed by atoms with E-state index in [0.29, 0.717) is 22.4 Å². The molecule has 0 atom stereocenters. The van der Waals surface area contributed by atoms with Gasteiger partial charge in [-0.15, -0.1) is 0 Å². The summed E-state index contributed by atoms with van der Waals surface area (Å²) < 4.78 is 8.03. The summed E-state index contributed by atoms with van der Waals surface area (Å²) in [7, 11) is 3.19. The van der Waals surface area contributed by atoms with Crippen LogP contribution in [0.3, 0.4) is 0 Å². The largest absolute Gasteiger partial charge is 0.497 e. The quantitative estimate of drug-likeness (QED) is 0.588. The highest BCUT2D eigenvalue weighted by Gasteiger charge is 2.11. The van der Waals surface area contributed by atoms with Crippen molar-refractivity contribution in [3.63, 3.8) is 0 Å². The molecule has 0 aliphatic carbocycles. The first-order chi connectivity index (χ1) is 8.22. The first-order valence-electron chi connectivity index (χ1n) is 4.97. The number of tetrazole rings is 1. The van der Waals surface area contributed by atoms with Crippen molar-refractivity contribution >= 4 is 16.7 Å². The molecule has 0 fully saturated rings. The van der Waals surface area contributed by atoms with Gasteiger partial charge in [0.25, 0.3) is 11.3 Å². The van der Waals surface area contributed by atoms with Crippen LogP contribution in [0.4, 0.5) is 0 Å². The molecule has 0 aliphatic heterocycles. The lowest BCUT2D eigenvalue weighted by Gasteiger charge is -2.05. The zero-order chi connectivity index (χ0) is 12.0. The van der Waals surface area contributed by atoms with Crippen LogP contribution in [-0.2, 0) is 7.05 Å². The smallest absolute Gasteiger partial charge is 0.262 e. The van der Waals surface area contributed by atoms with Crippen molar-refractivity contribution < 1.29 is 4.74 Å². The number of methoxy groups -OCH3 is 1. The van der Waals surface area contributed by atoms with Gasteiger partial charge in [-0.05, 0) is 28.6 Å². The van der Waals surface area contributed by atoms with Crippen LogP contribution in [-0.4, -0.2) is 31.7 Å². The van der Waals surface area contributed by atoms with Crippen LogP contribution >= 0.6 is 0 Å². The maximum absolute atomic E-state index is 12.1. The molecule has 0 amide bonds. The minimum Gasteiger partial charge on any atom is -0.497 e. The Morgan fingerprint density at radius 3 is 2.94 bits per heavy atom. The van der Waals surface area contributed by atoms with E-state index in [1.54, 1.807) is 32.4 Å². The van der Waals surface area contributed by atoms with Crippen molar-refractivity contribution in [3.8, 4) is 5.75 Å². The molecular weight excluding hydrogens is 222 g/mol. The maximum atomic E-state index is 12.1. The van der Waals surface area contributed by atoms with Gasteiger partial charge < -0.3 is 4.74 Å². The van der Waals surface area contributed by atoms with Crippen LogP contribution in [0, 0.1) is 0 Å². The van der Waals surface area contributed by atoms with Gasteiger partial charge in [0, 0.05) is 7.05 Å². The van der Waals surface area contributed by atoms with Crippen molar-refractivity contribution in [1.82, 2.24) is 24.6 Å². The molecule has 0 spiro atoms. The summed E-state index contributed by atoms with van der Waals surface area (Å²) in [6.07, 6.45) is 0. The van der Waals surface area contributed by atoms with E-state index < -0.39 is 0 Å². The molecule has 7 nitrogen and oxygen atoms in total. The Balaban J connectivity index is 2.60. The molecule has 0 saturated heterocycles. The zero-order valence-corrected chi connectivity index (χ0v) is 9.28. The van der Waals surface area contributed by atoms with Gasteiger partial charge in [0.15, 0.2) is 0 Å². The van der Waals surface area contributed by atoms with Gasteiger partial charge in [0.2, 0.25) is 0 Å². The second-order valence-electron chi connectivity index (χ2n) is 3.64. The van der Waals surface area contributed by atoms with Crippen molar-refractivity contribution in [1.29, 1.82) is 0 Å². The fourth-order valence-corrected chi connectivity index (χ4v) is 1.82. The van der Waals surface area contributed by atoms with Crippen LogP contribution in [0.25, 0.3) is 16.7 Å². The highest BCUT2D eigenvalue weighted by molar-refractivity contribution is 5.81. The number of ether oxygens (including phenoxy) is 1. The second-order valence-corrected chi connectivity index (χ2v) is 3.64. The molecule has 7 heteroatoms. The Bertz CT molecular complexity index is 773. The molecular formula is C10H9N5O2. The lowest BCUT2D eigenvalue weighted by atomic mass is 10.2. The maximum Gasteiger partial charge on any atom is 0.262 e. The predicted molar refractivity (Wildman–Crippen MR) is 60.1 cm³/mol. The Labute approximate surface area is 95.2 Å². The molecule has 17 heavy (non-hydrogen) atoms. The zero-order valence-electron chi connectivity index (χ0n) is 9.28. The lowest BCUT2D eigenvalue weighted by molar-refractivity contribution is 0.415. The molecule has 2 heterocycles. The highest BCUT2D eigenvalue weighted by Crippen LogP contribution is 2.17. The molecule has 0 bridgehead atoms. The number of nitrogens with zero attached hydrogens (tertiary/aromatic N) is 5. The van der Waals surface area contributed by atoms with E-state index in [-0.39, 0.29) is 5.56 Å². The topological polar surface area (TPSA) is 74.3 Å². The van der Waals surface area contributed by atoms with Crippen LogP contribution in [0.5, 0.6) is 5.75 Å². The SMILES string of the molecule is COc1ccc2c(c1)c(=O)n(C)c1nnnn21. The fraction of sp³-hybridized carbons (Fsp3) is 0.200. The third-order valence-corrected chi connectivity index (χ3v) is 2.72. The Morgan fingerprint density at radius 2 is 2.18 bits per heavy atom. The van der Waals surface area contributed by atoms with Crippen LogP contribution in [0.2, 0.25) is 0 Å². The molecule has 1 aromatic carbocycles. The molecule has 0 radical (unpaired) electrons. The van der Waals surface area contributed by atoms with E-state index in [4.69, 9.17) is 4.74 Å². The first-order valence-corrected chi connectivity index (χ1v) is 4.97. The normalized spacial score (nSPS) is 11.2. The number of hydrogen-bond donors (Lipinski definition) is 0. The van der Waals surface area contributed by atoms with Gasteiger partial charge in [-0.25, -0.2) is 0 Å². The lowest BCUT2D eigenvalue weighted by Crippen LogP contribution is -2.20. The summed E-state index contributed by atoms with van der Waals surface area (Å²) in [6.45, 7) is 0. The molecule has 0 N–H and O–H groups in total. The predicted octanol–water partition coefficient (Wildman–Crippen LogP) is -0.0152. The average molecular weight is 231 g/mol. The minimum atomic E-state index is -0.152. The molecule has 86 valence electrons. The highest BCUT2D eigenvalue weighted by atomic mass is 16.5. The van der Waals surface area contributed by atoms with Gasteiger partial charge >= 0.3 is 0 Å². The summed E-state index contributed by atoms with van der Waals surface area (Å²) in [5.74, 6) is 1.04. The summed E-state index contributed by atoms with van der Waals surface area (Å²) >= 11 is 0. The van der Waals surface area contributed by atoms with Crippen molar-refractivity contribution in [3.05, 3.63) is 28.6 Å². The first kappa shape index (κ1) is 9.76. The third kappa shape index (κ3) is 1.22. The van der Waals surface area contributed by atoms with Crippen LogP contribution < -0.4 is 10.3 Å². The van der Waals surface area contributed by atoms with Gasteiger partial charge in [-0.1, -0.05) is 5.10 Å². The monoisotopic (exact) mass is 231 g/mol. The average Bonchev–Trinajstić information content (AvgIpc) is 2.84. The minimum absolute atomic E-state index is 0.152. The molecule has 0 saturated carbocycles. The van der Waals surface area contributed by atoms with E-state index in [1.165, 1.54) is 9.08 Å². The standard InChI is InChI=1S/C10H9N5O2/c1-14-9(16)7-5-6(17-2)3-4-8(7)15-10(14)11-12-13-15/h3-5H,1-2H3. The number of aromatic nitrogens is 5. The number of hydrogen-bond acceptors (Lipinski definition) is 5. The van der Waals surface area contributed by atoms with Crippen molar-refractivity contribution in [2.75, 3.05) is 7.11 Å². The Kier molecular flexibility index (Phi) is 1.88. The fourth-order valence-electron chi connectivity index (χ4n) is 1.82. The Hall–Kier alpha value is -2.44. The molecule has 3 aromatic rings. The number of aryl methyl sites for hydroxylation is 1. The van der Waals surface area contributed by atoms with Crippen LogP contribution in [0.1, 0.15) is 0 Å². The number of fused-ring (bicyclic) bond motifs is 3. The summed E-state index contributed by atoms with van der Waals surface area (Å²) in [4.78, 5) is 12.1. The number of rotatable bonds is 1. The van der Waals surface area contributed by atoms with Gasteiger partial charge in [-0.2, -0.15) is 4.52 Å². The van der Waals surface area contributed by atoms with E-state index in [9.17, 15) is 4.79 Å². The second kappa shape index (κ2) is 3.27. The molecule has 2 aromatic heterocycles. The van der Waals surface area contributed by atoms with Crippen LogP contribution in [0.15, 0.2) is 23.0 Å². The van der Waals surface area contributed by atoms with Crippen molar-refractivity contribution in [2.24, 2.45) is 7.05 Å². The van der Waals surface area contributed by atoms with Gasteiger partial charge in [-0.3, -0.25) is 9.36 Å². The summed E-state index contributed by atoms with van der Waals surface area (Å²) in [5, 5.41) is 11.8. The summed E-state index contributed by atoms with van der Waals surface area (Å²) in [5.41, 5.74) is 0.509. The van der Waals surface area contributed by atoms with Crippen molar-refractivity contribution in [2.45, 2.75) is 0 Å². The van der Waals surface area contributed by atoms with Gasteiger partial charge in [0.1, 0.15) is 5.75 Å². The van der Waals surface area contributed by atoms with E-state index in [1.807, 2.05) is 0 Å². The third-order valence-electron chi connectivity index (χ3n) is 2.72. The van der Waals surface area contributed by atoms with Gasteiger partial charge in [0.05, 0.1) is 18.0 Å². The van der Waals surface area contributed by atoms with E-state index in [2.05, 4.69) is 15.5 Å². The van der Waals surface area contributed by atoms with E-state index in [0.717, 1.165) is 0 Å². The number of benzene rings is 1. The molecule has 3 rings (SSSR count). The molecule has 0 aliphatic rings. The summed E-state index contributed by atoms with van der Waals surface area (Å²) in [6, 6.07) is 5.21. The Morgan fingerprint density at radius 1 is 1.35 bits per heavy atom. The molecule has 0 unspecified atom stereocenters. The van der Waals surface area contributed by atoms with E-state index >= 15 is 0 Å².